The van der Waals surface area contributed by atoms with Crippen molar-refractivity contribution in [2.75, 3.05) is 38.8 Å². The number of rotatable bonds is 6. The van der Waals surface area contributed by atoms with Crippen LogP contribution < -0.4 is 9.64 Å². The van der Waals surface area contributed by atoms with Gasteiger partial charge in [0.15, 0.2) is 0 Å². The number of likely N-dealkylation sites (tertiary alicyclic amines) is 1. The second kappa shape index (κ2) is 11.2. The Morgan fingerprint density at radius 1 is 1.00 bits per heavy atom. The first-order valence-electron chi connectivity index (χ1n) is 14.2. The minimum Gasteiger partial charge on any atom is -0.496 e. The monoisotopic (exact) mass is 547 g/mol. The first-order valence-corrected chi connectivity index (χ1v) is 14.2. The standard InChI is InChI=1S/C32H41N3O5/c1-21-18-28(38-5)25(23-13-17-35(29(21)23)31(37)40-32(2,3)4)20-34-14-8-7-10-26(34)24-12-11-22(30(36)39-6)19-27(24)33-15-9-16-33/h11-13,17-19,26H,7-10,14-16,20H2,1-6H3/t26-/m1/s1. The van der Waals surface area contributed by atoms with Crippen molar-refractivity contribution < 1.29 is 23.8 Å². The van der Waals surface area contributed by atoms with E-state index in [0.29, 0.717) is 12.1 Å². The van der Waals surface area contributed by atoms with E-state index in [-0.39, 0.29) is 18.1 Å². The topological polar surface area (TPSA) is 73.2 Å². The summed E-state index contributed by atoms with van der Waals surface area (Å²) in [5.74, 6) is 0.510. The zero-order chi connectivity index (χ0) is 28.6. The molecule has 2 aliphatic rings. The molecule has 214 valence electrons. The highest BCUT2D eigenvalue weighted by atomic mass is 16.6. The van der Waals surface area contributed by atoms with Crippen molar-refractivity contribution in [3.63, 3.8) is 0 Å². The predicted molar refractivity (Wildman–Crippen MR) is 156 cm³/mol. The zero-order valence-electron chi connectivity index (χ0n) is 24.6. The van der Waals surface area contributed by atoms with Gasteiger partial charge in [-0.3, -0.25) is 9.47 Å². The number of ether oxygens (including phenoxy) is 3. The van der Waals surface area contributed by atoms with Crippen LogP contribution in [0.25, 0.3) is 10.9 Å². The lowest BCUT2D eigenvalue weighted by molar-refractivity contribution is 0.0542. The Bertz CT molecular complexity index is 1420. The third kappa shape index (κ3) is 5.42. The summed E-state index contributed by atoms with van der Waals surface area (Å²) < 4.78 is 18.2. The van der Waals surface area contributed by atoms with Crippen LogP contribution >= 0.6 is 0 Å². The Balaban J connectivity index is 1.54. The van der Waals surface area contributed by atoms with E-state index in [0.717, 1.165) is 78.8 Å². The second-order valence-electron chi connectivity index (χ2n) is 11.9. The Labute approximate surface area is 236 Å². The van der Waals surface area contributed by atoms with Crippen molar-refractivity contribution in [3.8, 4) is 5.75 Å². The smallest absolute Gasteiger partial charge is 0.419 e. The first kappa shape index (κ1) is 28.0. The number of methoxy groups -OCH3 is 2. The van der Waals surface area contributed by atoms with E-state index >= 15 is 0 Å². The van der Waals surface area contributed by atoms with Crippen LogP contribution in [0.5, 0.6) is 5.75 Å². The Morgan fingerprint density at radius 3 is 2.42 bits per heavy atom. The van der Waals surface area contributed by atoms with Crippen molar-refractivity contribution in [1.82, 2.24) is 9.47 Å². The van der Waals surface area contributed by atoms with Crippen LogP contribution in [0.4, 0.5) is 10.5 Å². The average molecular weight is 548 g/mol. The van der Waals surface area contributed by atoms with Gasteiger partial charge in [-0.1, -0.05) is 12.5 Å². The third-order valence-electron chi connectivity index (χ3n) is 8.02. The highest BCUT2D eigenvalue weighted by Crippen LogP contribution is 2.41. The van der Waals surface area contributed by atoms with Crippen molar-refractivity contribution in [3.05, 3.63) is 58.8 Å². The van der Waals surface area contributed by atoms with Gasteiger partial charge in [-0.2, -0.15) is 0 Å². The molecule has 40 heavy (non-hydrogen) atoms. The van der Waals surface area contributed by atoms with Crippen LogP contribution in [0.2, 0.25) is 0 Å². The predicted octanol–water partition coefficient (Wildman–Crippen LogP) is 6.47. The molecule has 2 aliphatic heterocycles. The van der Waals surface area contributed by atoms with Gasteiger partial charge in [-0.15, -0.1) is 0 Å². The van der Waals surface area contributed by atoms with Gasteiger partial charge in [0.05, 0.1) is 25.3 Å². The maximum Gasteiger partial charge on any atom is 0.419 e. The van der Waals surface area contributed by atoms with Crippen LogP contribution in [0.1, 0.15) is 79.5 Å². The fourth-order valence-corrected chi connectivity index (χ4v) is 6.01. The molecule has 0 spiro atoms. The van der Waals surface area contributed by atoms with Gasteiger partial charge < -0.3 is 19.1 Å². The summed E-state index contributed by atoms with van der Waals surface area (Å²) in [5.41, 5.74) is 5.25. The highest BCUT2D eigenvalue weighted by molar-refractivity contribution is 5.95. The Hall–Kier alpha value is -3.52. The number of nitrogens with zero attached hydrogens (tertiary/aromatic N) is 3. The van der Waals surface area contributed by atoms with Gasteiger partial charge >= 0.3 is 12.1 Å². The summed E-state index contributed by atoms with van der Waals surface area (Å²) in [6, 6.07) is 10.2. The van der Waals surface area contributed by atoms with Crippen molar-refractivity contribution in [2.45, 2.75) is 71.6 Å². The average Bonchev–Trinajstić information content (AvgIpc) is 3.34. The molecule has 0 radical (unpaired) electrons. The summed E-state index contributed by atoms with van der Waals surface area (Å²) in [7, 11) is 3.13. The molecule has 5 rings (SSSR count). The molecule has 2 saturated heterocycles. The molecule has 0 bridgehead atoms. The molecule has 1 atom stereocenters. The molecule has 0 aliphatic carbocycles. The SMILES string of the molecule is COC(=O)c1ccc([C@H]2CCCCN2Cc2c(OC)cc(C)c3c2ccn3C(=O)OC(C)(C)C)c(N2CCC2)c1. The van der Waals surface area contributed by atoms with Gasteiger partial charge in [0.1, 0.15) is 11.4 Å². The van der Waals surface area contributed by atoms with Crippen LogP contribution in [0, 0.1) is 6.92 Å². The zero-order valence-corrected chi connectivity index (χ0v) is 24.6. The van der Waals surface area contributed by atoms with E-state index in [1.54, 1.807) is 17.9 Å². The molecule has 3 aromatic rings. The number of carbonyl (C=O) groups is 2. The van der Waals surface area contributed by atoms with Crippen LogP contribution in [0.3, 0.4) is 0 Å². The van der Waals surface area contributed by atoms with E-state index in [1.807, 2.05) is 52.0 Å². The Kier molecular flexibility index (Phi) is 7.82. The van der Waals surface area contributed by atoms with Gasteiger partial charge in [0, 0.05) is 48.5 Å². The lowest BCUT2D eigenvalue weighted by Crippen LogP contribution is -2.40. The van der Waals surface area contributed by atoms with E-state index < -0.39 is 5.60 Å². The maximum atomic E-state index is 13.1. The minimum atomic E-state index is -0.588. The molecule has 1 aromatic heterocycles. The van der Waals surface area contributed by atoms with Gasteiger partial charge in [0.25, 0.3) is 0 Å². The van der Waals surface area contributed by atoms with Gasteiger partial charge in [-0.05, 0) is 88.9 Å². The van der Waals surface area contributed by atoms with E-state index in [1.165, 1.54) is 12.7 Å². The molecule has 8 nitrogen and oxygen atoms in total. The molecule has 0 unspecified atom stereocenters. The number of esters is 1. The quantitative estimate of drug-likeness (QED) is 0.328. The summed E-state index contributed by atoms with van der Waals surface area (Å²) in [6.07, 6.45) is 5.87. The molecule has 0 N–H and O–H groups in total. The third-order valence-corrected chi connectivity index (χ3v) is 8.02. The molecular weight excluding hydrogens is 506 g/mol. The van der Waals surface area contributed by atoms with E-state index in [2.05, 4.69) is 15.9 Å². The van der Waals surface area contributed by atoms with Crippen LogP contribution in [0.15, 0.2) is 36.5 Å². The number of aryl methyl sites for hydroxylation is 1. The lowest BCUT2D eigenvalue weighted by Gasteiger charge is -2.41. The molecule has 3 heterocycles. The molecule has 2 fully saturated rings. The van der Waals surface area contributed by atoms with Gasteiger partial charge in [0.2, 0.25) is 0 Å². The number of hydrogen-bond acceptors (Lipinski definition) is 7. The number of carbonyl (C=O) groups excluding carboxylic acids is 2. The molecular formula is C32H41N3O5. The fraction of sp³-hybridized carbons (Fsp3) is 0.500. The molecule has 0 amide bonds. The Morgan fingerprint density at radius 2 is 1.77 bits per heavy atom. The van der Waals surface area contributed by atoms with Gasteiger partial charge in [-0.25, -0.2) is 9.59 Å². The largest absolute Gasteiger partial charge is 0.496 e. The minimum absolute atomic E-state index is 0.199. The number of anilines is 1. The normalized spacial score (nSPS) is 17.9. The van der Waals surface area contributed by atoms with Crippen LogP contribution in [-0.4, -0.2) is 61.0 Å². The summed E-state index contributed by atoms with van der Waals surface area (Å²) in [4.78, 5) is 30.3. The van der Waals surface area contributed by atoms with E-state index in [4.69, 9.17) is 14.2 Å². The number of aromatic nitrogens is 1. The maximum absolute atomic E-state index is 13.1. The highest BCUT2D eigenvalue weighted by Gasteiger charge is 2.31. The summed E-state index contributed by atoms with van der Waals surface area (Å²) in [5, 5.41) is 0.996. The summed E-state index contributed by atoms with van der Waals surface area (Å²) in [6.45, 7) is 11.3. The lowest BCUT2D eigenvalue weighted by atomic mass is 9.91. The number of piperidine rings is 1. The second-order valence-corrected chi connectivity index (χ2v) is 11.9. The van der Waals surface area contributed by atoms with E-state index in [9.17, 15) is 9.59 Å². The van der Waals surface area contributed by atoms with Crippen molar-refractivity contribution in [1.29, 1.82) is 0 Å². The molecule has 2 aromatic carbocycles. The van der Waals surface area contributed by atoms with Crippen molar-refractivity contribution >= 4 is 28.7 Å². The molecule has 0 saturated carbocycles. The fourth-order valence-electron chi connectivity index (χ4n) is 6.01. The number of fused-ring (bicyclic) bond motifs is 1. The summed E-state index contributed by atoms with van der Waals surface area (Å²) >= 11 is 0. The first-order chi connectivity index (χ1) is 19.1. The van der Waals surface area contributed by atoms with Crippen molar-refractivity contribution in [2.24, 2.45) is 0 Å². The van der Waals surface area contributed by atoms with Crippen LogP contribution in [-0.2, 0) is 16.0 Å². The molecule has 8 heteroatoms. The number of hydrogen-bond donors (Lipinski definition) is 0. The number of benzene rings is 2.